The molecule has 3 N–H and O–H groups in total. The van der Waals surface area contributed by atoms with Gasteiger partial charge < -0.3 is 11.1 Å². The third kappa shape index (κ3) is 2.91. The molecule has 1 aromatic heterocycles. The molecule has 0 spiro atoms. The average Bonchev–Trinajstić information content (AvgIpc) is 2.95. The van der Waals surface area contributed by atoms with Crippen molar-refractivity contribution in [3.8, 4) is 5.69 Å². The summed E-state index contributed by atoms with van der Waals surface area (Å²) in [5, 5.41) is 15.3. The highest BCUT2D eigenvalue weighted by Crippen LogP contribution is 2.28. The van der Waals surface area contributed by atoms with E-state index in [1.807, 2.05) is 18.2 Å². The Morgan fingerprint density at radius 1 is 1.35 bits per heavy atom. The first-order valence-corrected chi connectivity index (χ1v) is 7.15. The van der Waals surface area contributed by atoms with Crippen LogP contribution in [0.3, 0.4) is 0 Å². The fourth-order valence-electron chi connectivity index (χ4n) is 2.62. The summed E-state index contributed by atoms with van der Waals surface area (Å²) < 4.78 is 1.61. The molecule has 2 unspecified atom stereocenters. The molecular weight excluding hydrogens is 276 g/mol. The first-order valence-electron chi connectivity index (χ1n) is 6.77. The molecule has 106 valence electrons. The molecule has 2 atom stereocenters. The van der Waals surface area contributed by atoms with Crippen molar-refractivity contribution in [1.82, 2.24) is 20.2 Å². The Kier molecular flexibility index (Phi) is 3.84. The fourth-order valence-corrected chi connectivity index (χ4v) is 2.80. The number of anilines is 1. The number of nitrogens with one attached hydrogen (secondary N) is 1. The van der Waals surface area contributed by atoms with Crippen molar-refractivity contribution < 1.29 is 0 Å². The highest BCUT2D eigenvalue weighted by atomic mass is 35.5. The van der Waals surface area contributed by atoms with Crippen LogP contribution in [-0.4, -0.2) is 32.3 Å². The van der Waals surface area contributed by atoms with Gasteiger partial charge in [-0.05, 0) is 54.3 Å². The second kappa shape index (κ2) is 5.76. The monoisotopic (exact) mass is 292 g/mol. The van der Waals surface area contributed by atoms with Crippen molar-refractivity contribution in [1.29, 1.82) is 0 Å². The molecule has 7 heteroatoms. The summed E-state index contributed by atoms with van der Waals surface area (Å²) in [6.07, 6.45) is 5.92. The van der Waals surface area contributed by atoms with Gasteiger partial charge in [0.05, 0.1) is 16.4 Å². The van der Waals surface area contributed by atoms with Crippen LogP contribution in [0.5, 0.6) is 0 Å². The van der Waals surface area contributed by atoms with E-state index < -0.39 is 0 Å². The lowest BCUT2D eigenvalue weighted by molar-refractivity contribution is 0.409. The Bertz CT molecular complexity index is 570. The van der Waals surface area contributed by atoms with Crippen molar-refractivity contribution in [3.05, 3.63) is 29.5 Å². The summed E-state index contributed by atoms with van der Waals surface area (Å²) in [5.74, 6) is 0. The summed E-state index contributed by atoms with van der Waals surface area (Å²) in [6.45, 7) is 0. The molecule has 0 saturated heterocycles. The van der Waals surface area contributed by atoms with Crippen LogP contribution in [0, 0.1) is 0 Å². The van der Waals surface area contributed by atoms with Gasteiger partial charge in [0.1, 0.15) is 6.33 Å². The van der Waals surface area contributed by atoms with Crippen LogP contribution in [0.2, 0.25) is 5.02 Å². The standard InChI is InChI=1S/C13H17ClN6/c14-12-5-4-11(20-8-16-18-19-20)7-13(12)17-10-3-1-2-9(15)6-10/h4-5,7-10,17H,1-3,6,15H2. The zero-order chi connectivity index (χ0) is 13.9. The van der Waals surface area contributed by atoms with Crippen LogP contribution in [0.4, 0.5) is 5.69 Å². The third-order valence-electron chi connectivity index (χ3n) is 3.64. The molecule has 1 aliphatic carbocycles. The zero-order valence-corrected chi connectivity index (χ0v) is 11.8. The van der Waals surface area contributed by atoms with Gasteiger partial charge in [-0.2, -0.15) is 0 Å². The van der Waals surface area contributed by atoms with E-state index in [0.29, 0.717) is 11.1 Å². The number of hydrogen-bond acceptors (Lipinski definition) is 5. The molecule has 0 aliphatic heterocycles. The van der Waals surface area contributed by atoms with Crippen molar-refractivity contribution in [2.45, 2.75) is 37.8 Å². The SMILES string of the molecule is NC1CCCC(Nc2cc(-n3cnnn3)ccc2Cl)C1. The second-order valence-corrected chi connectivity index (χ2v) is 5.59. The van der Waals surface area contributed by atoms with Gasteiger partial charge in [-0.3, -0.25) is 0 Å². The van der Waals surface area contributed by atoms with Gasteiger partial charge in [-0.1, -0.05) is 11.6 Å². The van der Waals surface area contributed by atoms with Crippen LogP contribution in [0.1, 0.15) is 25.7 Å². The van der Waals surface area contributed by atoms with Crippen LogP contribution in [0.15, 0.2) is 24.5 Å². The quantitative estimate of drug-likeness (QED) is 0.904. The molecule has 1 aliphatic rings. The Morgan fingerprint density at radius 2 is 2.25 bits per heavy atom. The minimum Gasteiger partial charge on any atom is -0.381 e. The minimum absolute atomic E-state index is 0.280. The highest BCUT2D eigenvalue weighted by molar-refractivity contribution is 6.33. The maximum Gasteiger partial charge on any atom is 0.143 e. The number of halogens is 1. The van der Waals surface area contributed by atoms with E-state index in [4.69, 9.17) is 17.3 Å². The zero-order valence-electron chi connectivity index (χ0n) is 11.0. The maximum atomic E-state index is 6.26. The molecule has 2 aromatic rings. The number of nitrogens with zero attached hydrogens (tertiary/aromatic N) is 4. The van der Waals surface area contributed by atoms with Crippen molar-refractivity contribution in [2.24, 2.45) is 5.73 Å². The van der Waals surface area contributed by atoms with E-state index in [1.54, 1.807) is 11.0 Å². The molecule has 1 heterocycles. The fraction of sp³-hybridized carbons (Fsp3) is 0.462. The molecule has 0 bridgehead atoms. The molecule has 1 aromatic carbocycles. The Hall–Kier alpha value is -1.66. The molecule has 20 heavy (non-hydrogen) atoms. The second-order valence-electron chi connectivity index (χ2n) is 5.19. The predicted octanol–water partition coefficient (Wildman–Crippen LogP) is 2.00. The molecule has 6 nitrogen and oxygen atoms in total. The maximum absolute atomic E-state index is 6.26. The number of tetrazole rings is 1. The van der Waals surface area contributed by atoms with Crippen LogP contribution >= 0.6 is 11.6 Å². The first-order chi connectivity index (χ1) is 9.72. The lowest BCUT2D eigenvalue weighted by Gasteiger charge is -2.28. The highest BCUT2D eigenvalue weighted by Gasteiger charge is 2.19. The lowest BCUT2D eigenvalue weighted by Crippen LogP contribution is -2.34. The van der Waals surface area contributed by atoms with Crippen LogP contribution in [0.25, 0.3) is 5.69 Å². The van der Waals surface area contributed by atoms with Gasteiger partial charge in [0.15, 0.2) is 0 Å². The summed E-state index contributed by atoms with van der Waals surface area (Å²) in [7, 11) is 0. The summed E-state index contributed by atoms with van der Waals surface area (Å²) in [4.78, 5) is 0. The van der Waals surface area contributed by atoms with Crippen molar-refractivity contribution in [2.75, 3.05) is 5.32 Å². The van der Waals surface area contributed by atoms with Gasteiger partial charge in [0.25, 0.3) is 0 Å². The predicted molar refractivity (Wildman–Crippen MR) is 78.0 cm³/mol. The Labute approximate surface area is 122 Å². The van der Waals surface area contributed by atoms with Gasteiger partial charge in [-0.25, -0.2) is 4.68 Å². The van der Waals surface area contributed by atoms with Crippen LogP contribution in [-0.2, 0) is 0 Å². The molecule has 0 amide bonds. The number of rotatable bonds is 3. The molecule has 0 radical (unpaired) electrons. The van der Waals surface area contributed by atoms with E-state index in [2.05, 4.69) is 20.8 Å². The van der Waals surface area contributed by atoms with Gasteiger partial charge in [0, 0.05) is 12.1 Å². The number of hydrogen-bond donors (Lipinski definition) is 2. The smallest absolute Gasteiger partial charge is 0.143 e. The number of benzene rings is 1. The Balaban J connectivity index is 1.80. The number of nitrogens with two attached hydrogens (primary N) is 1. The third-order valence-corrected chi connectivity index (χ3v) is 3.97. The minimum atomic E-state index is 0.280. The first kappa shape index (κ1) is 13.3. The summed E-state index contributed by atoms with van der Waals surface area (Å²) in [6, 6.07) is 6.35. The Morgan fingerprint density at radius 3 is 3.00 bits per heavy atom. The van der Waals surface area contributed by atoms with E-state index in [0.717, 1.165) is 37.1 Å². The molecule has 3 rings (SSSR count). The normalized spacial score (nSPS) is 22.7. The molecular formula is C13H17ClN6. The average molecular weight is 293 g/mol. The van der Waals surface area contributed by atoms with Crippen LogP contribution < -0.4 is 11.1 Å². The van der Waals surface area contributed by atoms with Gasteiger partial charge in [-0.15, -0.1) is 5.10 Å². The van der Waals surface area contributed by atoms with Crippen molar-refractivity contribution in [3.63, 3.8) is 0 Å². The molecule has 1 saturated carbocycles. The topological polar surface area (TPSA) is 81.6 Å². The van der Waals surface area contributed by atoms with E-state index in [1.165, 1.54) is 0 Å². The van der Waals surface area contributed by atoms with Gasteiger partial charge in [0.2, 0.25) is 0 Å². The summed E-state index contributed by atoms with van der Waals surface area (Å²) >= 11 is 6.26. The largest absolute Gasteiger partial charge is 0.381 e. The van der Waals surface area contributed by atoms with E-state index in [9.17, 15) is 0 Å². The summed E-state index contributed by atoms with van der Waals surface area (Å²) in [5.41, 5.74) is 7.80. The van der Waals surface area contributed by atoms with Crippen molar-refractivity contribution >= 4 is 17.3 Å². The molecule has 1 fully saturated rings. The van der Waals surface area contributed by atoms with E-state index in [-0.39, 0.29) is 6.04 Å². The lowest BCUT2D eigenvalue weighted by atomic mass is 9.91. The van der Waals surface area contributed by atoms with E-state index >= 15 is 0 Å². The van der Waals surface area contributed by atoms with Gasteiger partial charge >= 0.3 is 0 Å². The number of aromatic nitrogens is 4.